The molecule has 1 rings (SSSR count). The van der Waals surface area contributed by atoms with Gasteiger partial charge in [0, 0.05) is 5.54 Å². The summed E-state index contributed by atoms with van der Waals surface area (Å²) < 4.78 is 9.91. The van der Waals surface area contributed by atoms with Crippen molar-refractivity contribution < 1.29 is 18.8 Å². The van der Waals surface area contributed by atoms with Gasteiger partial charge in [0.05, 0.1) is 5.69 Å². The van der Waals surface area contributed by atoms with Crippen LogP contribution in [0.2, 0.25) is 0 Å². The molecule has 0 fully saturated rings. The molecule has 0 saturated carbocycles. The summed E-state index contributed by atoms with van der Waals surface area (Å²) in [5, 5.41) is 6.47. The molecular formula is C13H20N2O4. The fourth-order valence-electron chi connectivity index (χ4n) is 1.58. The third kappa shape index (κ3) is 4.39. The van der Waals surface area contributed by atoms with Gasteiger partial charge in [-0.15, -0.1) is 0 Å². The first kappa shape index (κ1) is 15.2. The first-order valence-corrected chi connectivity index (χ1v) is 6.18. The van der Waals surface area contributed by atoms with E-state index in [0.717, 1.165) is 0 Å². The van der Waals surface area contributed by atoms with E-state index >= 15 is 0 Å². The number of hydrogen-bond acceptors (Lipinski definition) is 5. The summed E-state index contributed by atoms with van der Waals surface area (Å²) in [6.45, 7) is 8.74. The Morgan fingerprint density at radius 1 is 1.37 bits per heavy atom. The minimum absolute atomic E-state index is 0.311. The maximum absolute atomic E-state index is 11.9. The Hall–Kier alpha value is -1.85. The number of carbonyl (C=O) groups excluding carboxylic acids is 2. The lowest BCUT2D eigenvalue weighted by molar-refractivity contribution is -0.125. The second kappa shape index (κ2) is 5.86. The molecule has 0 aliphatic rings. The van der Waals surface area contributed by atoms with Crippen LogP contribution in [-0.4, -0.2) is 29.2 Å². The lowest BCUT2D eigenvalue weighted by Gasteiger charge is -2.20. The van der Waals surface area contributed by atoms with Crippen LogP contribution >= 0.6 is 0 Å². The lowest BCUT2D eigenvalue weighted by atomic mass is 10.1. The fraction of sp³-hybridized carbons (Fsp3) is 0.615. The molecule has 6 nitrogen and oxygen atoms in total. The summed E-state index contributed by atoms with van der Waals surface area (Å²) in [6, 6.07) is 0. The van der Waals surface area contributed by atoms with Gasteiger partial charge in [-0.1, -0.05) is 12.1 Å². The number of nitrogens with zero attached hydrogens (tertiary/aromatic N) is 1. The van der Waals surface area contributed by atoms with Crippen molar-refractivity contribution in [3.05, 3.63) is 17.0 Å². The molecule has 0 bridgehead atoms. The van der Waals surface area contributed by atoms with Gasteiger partial charge in [0.15, 0.2) is 6.61 Å². The van der Waals surface area contributed by atoms with Gasteiger partial charge in [-0.3, -0.25) is 4.79 Å². The van der Waals surface area contributed by atoms with Crippen LogP contribution in [0.1, 0.15) is 49.5 Å². The summed E-state index contributed by atoms with van der Waals surface area (Å²) >= 11 is 0. The Bertz CT molecular complexity index is 471. The van der Waals surface area contributed by atoms with Crippen molar-refractivity contribution in [2.24, 2.45) is 0 Å². The molecule has 1 amide bonds. The lowest BCUT2D eigenvalue weighted by Crippen LogP contribution is -2.42. The highest BCUT2D eigenvalue weighted by molar-refractivity contribution is 5.93. The number of ether oxygens (including phenoxy) is 1. The van der Waals surface area contributed by atoms with E-state index in [-0.39, 0.29) is 18.1 Å². The van der Waals surface area contributed by atoms with Gasteiger partial charge in [0.2, 0.25) is 0 Å². The van der Waals surface area contributed by atoms with Crippen molar-refractivity contribution in [2.75, 3.05) is 6.61 Å². The summed E-state index contributed by atoms with van der Waals surface area (Å²) in [5.41, 5.74) is 0.496. The molecule has 0 atom stereocenters. The average Bonchev–Trinajstić information content (AvgIpc) is 2.65. The van der Waals surface area contributed by atoms with E-state index in [2.05, 4.69) is 10.5 Å². The highest BCUT2D eigenvalue weighted by Gasteiger charge is 2.22. The van der Waals surface area contributed by atoms with Crippen LogP contribution in [0.4, 0.5) is 0 Å². The van der Waals surface area contributed by atoms with Crippen LogP contribution < -0.4 is 5.32 Å². The molecule has 0 aliphatic heterocycles. The number of amides is 1. The molecule has 0 saturated heterocycles. The van der Waals surface area contributed by atoms with E-state index in [9.17, 15) is 9.59 Å². The van der Waals surface area contributed by atoms with Crippen LogP contribution in [0.5, 0.6) is 0 Å². The largest absolute Gasteiger partial charge is 0.452 e. The standard InChI is InChI=1S/C13H20N2O4/c1-6-9-11(8(2)19-15-9)12(17)18-7-10(16)14-13(3,4)5/h6-7H2,1-5H3,(H,14,16). The molecule has 19 heavy (non-hydrogen) atoms. The van der Waals surface area contributed by atoms with Gasteiger partial charge in [0.1, 0.15) is 11.3 Å². The summed E-state index contributed by atoms with van der Waals surface area (Å²) in [4.78, 5) is 23.4. The minimum Gasteiger partial charge on any atom is -0.452 e. The Kier molecular flexibility index (Phi) is 4.69. The van der Waals surface area contributed by atoms with Crippen LogP contribution in [0.15, 0.2) is 4.52 Å². The van der Waals surface area contributed by atoms with Crippen LogP contribution in [0.25, 0.3) is 0 Å². The fourth-order valence-corrected chi connectivity index (χ4v) is 1.58. The van der Waals surface area contributed by atoms with Crippen LogP contribution in [-0.2, 0) is 16.0 Å². The molecule has 0 aromatic carbocycles. The average molecular weight is 268 g/mol. The number of hydrogen-bond donors (Lipinski definition) is 1. The van der Waals surface area contributed by atoms with Gasteiger partial charge in [-0.05, 0) is 34.1 Å². The van der Waals surface area contributed by atoms with E-state index in [4.69, 9.17) is 9.26 Å². The van der Waals surface area contributed by atoms with Gasteiger partial charge in [0.25, 0.3) is 5.91 Å². The van der Waals surface area contributed by atoms with Gasteiger partial charge in [-0.25, -0.2) is 4.79 Å². The van der Waals surface area contributed by atoms with Crippen molar-refractivity contribution >= 4 is 11.9 Å². The molecule has 1 aromatic rings. The quantitative estimate of drug-likeness (QED) is 0.839. The minimum atomic E-state index is -0.584. The maximum Gasteiger partial charge on any atom is 0.344 e. The molecule has 1 heterocycles. The Morgan fingerprint density at radius 3 is 2.53 bits per heavy atom. The van der Waals surface area contributed by atoms with Crippen molar-refractivity contribution in [3.8, 4) is 0 Å². The molecular weight excluding hydrogens is 248 g/mol. The Balaban J connectivity index is 2.61. The van der Waals surface area contributed by atoms with E-state index in [1.165, 1.54) is 0 Å². The molecule has 0 spiro atoms. The predicted octanol–water partition coefficient (Wildman–Crippen LogP) is 1.62. The second-order valence-electron chi connectivity index (χ2n) is 5.29. The van der Waals surface area contributed by atoms with Crippen molar-refractivity contribution in [2.45, 2.75) is 46.6 Å². The monoisotopic (exact) mass is 268 g/mol. The summed E-state index contributed by atoms with van der Waals surface area (Å²) in [6.07, 6.45) is 0.565. The SMILES string of the molecule is CCc1noc(C)c1C(=O)OCC(=O)NC(C)(C)C. The number of aryl methyl sites for hydroxylation is 2. The van der Waals surface area contributed by atoms with Gasteiger partial charge < -0.3 is 14.6 Å². The van der Waals surface area contributed by atoms with E-state index in [0.29, 0.717) is 23.4 Å². The third-order valence-electron chi connectivity index (χ3n) is 2.32. The molecule has 0 aliphatic carbocycles. The van der Waals surface area contributed by atoms with E-state index in [1.807, 2.05) is 27.7 Å². The van der Waals surface area contributed by atoms with Crippen LogP contribution in [0, 0.1) is 6.92 Å². The summed E-state index contributed by atoms with van der Waals surface area (Å²) in [5.74, 6) is -0.522. The highest BCUT2D eigenvalue weighted by Crippen LogP contribution is 2.15. The predicted molar refractivity (Wildman–Crippen MR) is 68.8 cm³/mol. The zero-order chi connectivity index (χ0) is 14.6. The number of aromatic nitrogens is 1. The van der Waals surface area contributed by atoms with Gasteiger partial charge in [-0.2, -0.15) is 0 Å². The van der Waals surface area contributed by atoms with Crippen molar-refractivity contribution in [1.29, 1.82) is 0 Å². The second-order valence-corrected chi connectivity index (χ2v) is 5.29. The normalized spacial score (nSPS) is 11.2. The van der Waals surface area contributed by atoms with Crippen molar-refractivity contribution in [1.82, 2.24) is 10.5 Å². The number of rotatable bonds is 4. The topological polar surface area (TPSA) is 81.4 Å². The Morgan fingerprint density at radius 2 is 2.00 bits per heavy atom. The van der Waals surface area contributed by atoms with Crippen LogP contribution in [0.3, 0.4) is 0 Å². The molecule has 0 radical (unpaired) electrons. The number of esters is 1. The summed E-state index contributed by atoms with van der Waals surface area (Å²) in [7, 11) is 0. The number of carbonyl (C=O) groups is 2. The zero-order valence-electron chi connectivity index (χ0n) is 12.0. The first-order valence-electron chi connectivity index (χ1n) is 6.18. The van der Waals surface area contributed by atoms with Gasteiger partial charge >= 0.3 is 5.97 Å². The van der Waals surface area contributed by atoms with E-state index in [1.54, 1.807) is 6.92 Å². The van der Waals surface area contributed by atoms with Crippen molar-refractivity contribution in [3.63, 3.8) is 0 Å². The molecule has 1 aromatic heterocycles. The Labute approximate surface area is 112 Å². The van der Waals surface area contributed by atoms with E-state index < -0.39 is 5.97 Å². The molecule has 0 unspecified atom stereocenters. The highest BCUT2D eigenvalue weighted by atomic mass is 16.5. The molecule has 106 valence electrons. The maximum atomic E-state index is 11.9. The first-order chi connectivity index (χ1) is 8.74. The molecule has 1 N–H and O–H groups in total. The smallest absolute Gasteiger partial charge is 0.344 e. The molecule has 6 heteroatoms. The third-order valence-corrected chi connectivity index (χ3v) is 2.32. The zero-order valence-corrected chi connectivity index (χ0v) is 12.0. The number of nitrogens with one attached hydrogen (secondary N) is 1.